The number of sulfone groups is 1. The van der Waals surface area contributed by atoms with Crippen molar-refractivity contribution in [1.82, 2.24) is 5.32 Å². The zero-order chi connectivity index (χ0) is 20.7. The molecular formula is C21H28N2O5S. The summed E-state index contributed by atoms with van der Waals surface area (Å²) in [6, 6.07) is 6.65. The number of hydrogen-bond acceptors (Lipinski definition) is 6. The molecule has 1 aliphatic heterocycles. The van der Waals surface area contributed by atoms with Crippen LogP contribution in [0.3, 0.4) is 0 Å². The molecule has 1 aromatic carbocycles. The van der Waals surface area contributed by atoms with Crippen molar-refractivity contribution in [3.8, 4) is 0 Å². The summed E-state index contributed by atoms with van der Waals surface area (Å²) >= 11 is 0. The van der Waals surface area contributed by atoms with Gasteiger partial charge in [-0.2, -0.15) is 0 Å². The van der Waals surface area contributed by atoms with Gasteiger partial charge in [-0.1, -0.05) is 23.8 Å². The smallest absolute Gasteiger partial charge is 0.340 e. The number of anilines is 1. The van der Waals surface area contributed by atoms with E-state index in [1.54, 1.807) is 12.1 Å². The van der Waals surface area contributed by atoms with E-state index in [1.807, 2.05) is 12.1 Å². The first-order valence-electron chi connectivity index (χ1n) is 10.1. The Hall–Kier alpha value is -2.35. The summed E-state index contributed by atoms with van der Waals surface area (Å²) in [5.41, 5.74) is 2.51. The fourth-order valence-corrected chi connectivity index (χ4v) is 5.37. The van der Waals surface area contributed by atoms with E-state index in [0.29, 0.717) is 17.7 Å². The van der Waals surface area contributed by atoms with Gasteiger partial charge in [0.25, 0.3) is 5.91 Å². The lowest BCUT2D eigenvalue weighted by Gasteiger charge is -2.15. The highest BCUT2D eigenvalue weighted by molar-refractivity contribution is 7.91. The summed E-state index contributed by atoms with van der Waals surface area (Å²) in [4.78, 5) is 24.4. The Morgan fingerprint density at radius 1 is 1.17 bits per heavy atom. The molecule has 0 aromatic heterocycles. The SMILES string of the molecule is O=C(COC(=O)c1ccccc1NCCC1=CCCCC1)N[C@H]1CCS(=O)(=O)C1. The number of nitrogens with one attached hydrogen (secondary N) is 2. The highest BCUT2D eigenvalue weighted by Crippen LogP contribution is 2.21. The molecule has 1 atom stereocenters. The third-order valence-corrected chi connectivity index (χ3v) is 6.99. The summed E-state index contributed by atoms with van der Waals surface area (Å²) < 4.78 is 28.0. The van der Waals surface area contributed by atoms with Crippen LogP contribution >= 0.6 is 0 Å². The summed E-state index contributed by atoms with van der Waals surface area (Å²) in [5, 5.41) is 5.90. The number of ether oxygens (including phenoxy) is 1. The molecule has 1 fully saturated rings. The molecule has 3 rings (SSSR count). The molecule has 158 valence electrons. The Morgan fingerprint density at radius 3 is 2.72 bits per heavy atom. The third kappa shape index (κ3) is 6.59. The molecule has 0 saturated carbocycles. The average Bonchev–Trinajstić information content (AvgIpc) is 3.05. The highest BCUT2D eigenvalue weighted by Gasteiger charge is 2.29. The molecule has 29 heavy (non-hydrogen) atoms. The Kier molecular flexibility index (Phi) is 7.30. The van der Waals surface area contributed by atoms with E-state index in [4.69, 9.17) is 4.74 Å². The van der Waals surface area contributed by atoms with Gasteiger partial charge in [0.15, 0.2) is 16.4 Å². The van der Waals surface area contributed by atoms with Crippen LogP contribution < -0.4 is 10.6 Å². The second kappa shape index (κ2) is 9.91. The van der Waals surface area contributed by atoms with E-state index in [0.717, 1.165) is 25.8 Å². The molecule has 2 N–H and O–H groups in total. The number of para-hydroxylation sites is 1. The van der Waals surface area contributed by atoms with Crippen LogP contribution in [0.15, 0.2) is 35.9 Å². The van der Waals surface area contributed by atoms with Crippen LogP contribution in [-0.2, 0) is 19.4 Å². The molecule has 7 nitrogen and oxygen atoms in total. The van der Waals surface area contributed by atoms with Crippen molar-refractivity contribution >= 4 is 27.4 Å². The minimum absolute atomic E-state index is 0.0596. The lowest BCUT2D eigenvalue weighted by Crippen LogP contribution is -2.38. The predicted octanol–water partition coefficient (Wildman–Crippen LogP) is 2.45. The number of amides is 1. The van der Waals surface area contributed by atoms with Crippen LogP contribution in [0.5, 0.6) is 0 Å². The van der Waals surface area contributed by atoms with Gasteiger partial charge in [-0.3, -0.25) is 4.79 Å². The van der Waals surface area contributed by atoms with Crippen LogP contribution in [-0.4, -0.2) is 51.0 Å². The van der Waals surface area contributed by atoms with Gasteiger partial charge in [-0.25, -0.2) is 13.2 Å². The number of hydrogen-bond donors (Lipinski definition) is 2. The third-order valence-electron chi connectivity index (χ3n) is 5.23. The van der Waals surface area contributed by atoms with Crippen LogP contribution in [0.25, 0.3) is 0 Å². The zero-order valence-electron chi connectivity index (χ0n) is 16.5. The van der Waals surface area contributed by atoms with E-state index >= 15 is 0 Å². The topological polar surface area (TPSA) is 102 Å². The summed E-state index contributed by atoms with van der Waals surface area (Å²) in [6.07, 6.45) is 8.43. The average molecular weight is 421 g/mol. The monoisotopic (exact) mass is 420 g/mol. The van der Waals surface area contributed by atoms with Gasteiger partial charge in [0, 0.05) is 18.3 Å². The van der Waals surface area contributed by atoms with Crippen molar-refractivity contribution in [2.24, 2.45) is 0 Å². The normalized spacial score (nSPS) is 20.6. The molecule has 1 heterocycles. The Balaban J connectivity index is 1.47. The molecule has 0 spiro atoms. The van der Waals surface area contributed by atoms with Crippen molar-refractivity contribution in [2.45, 2.75) is 44.6 Å². The van der Waals surface area contributed by atoms with Crippen molar-refractivity contribution in [3.63, 3.8) is 0 Å². The fraction of sp³-hybridized carbons (Fsp3) is 0.524. The summed E-state index contributed by atoms with van der Waals surface area (Å²) in [6.45, 7) is 0.295. The quantitative estimate of drug-likeness (QED) is 0.495. The molecule has 0 unspecified atom stereocenters. The second-order valence-electron chi connectivity index (χ2n) is 7.57. The lowest BCUT2D eigenvalue weighted by molar-refractivity contribution is -0.124. The van der Waals surface area contributed by atoms with E-state index in [9.17, 15) is 18.0 Å². The van der Waals surface area contributed by atoms with E-state index in [2.05, 4.69) is 16.7 Å². The van der Waals surface area contributed by atoms with Crippen molar-refractivity contribution in [2.75, 3.05) is 30.0 Å². The first-order chi connectivity index (χ1) is 13.9. The number of benzene rings is 1. The van der Waals surface area contributed by atoms with Gasteiger partial charge in [0.2, 0.25) is 0 Å². The van der Waals surface area contributed by atoms with Gasteiger partial charge in [-0.05, 0) is 50.7 Å². The molecule has 0 radical (unpaired) electrons. The van der Waals surface area contributed by atoms with Crippen LogP contribution in [0.2, 0.25) is 0 Å². The van der Waals surface area contributed by atoms with Crippen LogP contribution in [0.4, 0.5) is 5.69 Å². The molecule has 1 aromatic rings. The number of carbonyl (C=O) groups is 2. The molecular weight excluding hydrogens is 392 g/mol. The predicted molar refractivity (Wildman–Crippen MR) is 112 cm³/mol. The second-order valence-corrected chi connectivity index (χ2v) is 9.80. The van der Waals surface area contributed by atoms with Crippen molar-refractivity contribution < 1.29 is 22.7 Å². The zero-order valence-corrected chi connectivity index (χ0v) is 17.3. The van der Waals surface area contributed by atoms with Crippen LogP contribution in [0, 0.1) is 0 Å². The van der Waals surface area contributed by atoms with E-state index < -0.39 is 34.4 Å². The molecule has 8 heteroatoms. The largest absolute Gasteiger partial charge is 0.452 e. The van der Waals surface area contributed by atoms with E-state index in [-0.39, 0.29) is 11.5 Å². The molecule has 0 bridgehead atoms. The van der Waals surface area contributed by atoms with Gasteiger partial charge in [0.05, 0.1) is 17.1 Å². The first kappa shape index (κ1) is 21.4. The molecule has 1 saturated heterocycles. The summed E-state index contributed by atoms with van der Waals surface area (Å²) in [7, 11) is -3.07. The number of esters is 1. The molecule has 1 aliphatic carbocycles. The fourth-order valence-electron chi connectivity index (χ4n) is 3.69. The Morgan fingerprint density at radius 2 is 2.00 bits per heavy atom. The maximum absolute atomic E-state index is 12.4. The Bertz CT molecular complexity index is 879. The van der Waals surface area contributed by atoms with Crippen molar-refractivity contribution in [1.29, 1.82) is 0 Å². The minimum atomic E-state index is -3.07. The Labute approximate surface area is 171 Å². The van der Waals surface area contributed by atoms with E-state index in [1.165, 1.54) is 18.4 Å². The minimum Gasteiger partial charge on any atom is -0.452 e. The van der Waals surface area contributed by atoms with Crippen molar-refractivity contribution in [3.05, 3.63) is 41.5 Å². The number of carbonyl (C=O) groups excluding carboxylic acids is 2. The molecule has 1 amide bonds. The highest BCUT2D eigenvalue weighted by atomic mass is 32.2. The molecule has 2 aliphatic rings. The van der Waals surface area contributed by atoms with Gasteiger partial charge < -0.3 is 15.4 Å². The van der Waals surface area contributed by atoms with Crippen LogP contribution in [0.1, 0.15) is 48.9 Å². The maximum atomic E-state index is 12.4. The maximum Gasteiger partial charge on any atom is 0.340 e. The number of allylic oxidation sites excluding steroid dienone is 1. The van der Waals surface area contributed by atoms with Gasteiger partial charge >= 0.3 is 5.97 Å². The number of rotatable bonds is 8. The van der Waals surface area contributed by atoms with Gasteiger partial charge in [0.1, 0.15) is 0 Å². The summed E-state index contributed by atoms with van der Waals surface area (Å²) in [5.74, 6) is -1.06. The lowest BCUT2D eigenvalue weighted by atomic mass is 9.97. The standard InChI is InChI=1S/C21H28N2O5S/c24-20(23-17-11-13-29(26,27)15-17)14-28-21(25)18-8-4-5-9-19(18)22-12-10-16-6-2-1-3-7-16/h4-6,8-9,17,22H,1-3,7,10-15H2,(H,23,24)/t17-/m0/s1. The first-order valence-corrected chi connectivity index (χ1v) is 11.9. The van der Waals surface area contributed by atoms with Gasteiger partial charge in [-0.15, -0.1) is 0 Å².